The zero-order valence-corrected chi connectivity index (χ0v) is 15.0. The van der Waals surface area contributed by atoms with E-state index in [1.807, 2.05) is 31.2 Å². The van der Waals surface area contributed by atoms with Crippen LogP contribution in [0.4, 0.5) is 0 Å². The van der Waals surface area contributed by atoms with E-state index in [9.17, 15) is 5.11 Å². The average molecular weight is 345 g/mol. The van der Waals surface area contributed by atoms with Crippen molar-refractivity contribution in [2.75, 3.05) is 19.7 Å². The van der Waals surface area contributed by atoms with Gasteiger partial charge in [0.25, 0.3) is 0 Å². The summed E-state index contributed by atoms with van der Waals surface area (Å²) in [5.41, 5.74) is 0.893. The molecule has 0 amide bonds. The van der Waals surface area contributed by atoms with Crippen LogP contribution in [0, 0.1) is 5.92 Å². The Morgan fingerprint density at radius 1 is 1.32 bits per heavy atom. The molecule has 2 atom stereocenters. The monoisotopic (exact) mass is 345 g/mol. The summed E-state index contributed by atoms with van der Waals surface area (Å²) in [5, 5.41) is 18.0. The van der Waals surface area contributed by atoms with Crippen LogP contribution in [0.15, 0.2) is 28.7 Å². The minimum absolute atomic E-state index is 0.263. The summed E-state index contributed by atoms with van der Waals surface area (Å²) in [5.74, 6) is 2.34. The fourth-order valence-corrected chi connectivity index (χ4v) is 3.05. The van der Waals surface area contributed by atoms with Crippen molar-refractivity contribution in [3.8, 4) is 17.2 Å². The molecule has 2 aromatic rings. The van der Waals surface area contributed by atoms with E-state index in [0.717, 1.165) is 50.3 Å². The molecule has 25 heavy (non-hydrogen) atoms. The van der Waals surface area contributed by atoms with E-state index in [1.54, 1.807) is 0 Å². The molecule has 6 heteroatoms. The molecule has 0 bridgehead atoms. The van der Waals surface area contributed by atoms with Crippen LogP contribution in [0.2, 0.25) is 0 Å². The van der Waals surface area contributed by atoms with Crippen molar-refractivity contribution in [2.24, 2.45) is 5.92 Å². The summed E-state index contributed by atoms with van der Waals surface area (Å²) < 4.78 is 11.5. The van der Waals surface area contributed by atoms with E-state index in [4.69, 9.17) is 9.15 Å². The van der Waals surface area contributed by atoms with Crippen LogP contribution in [0.3, 0.4) is 0 Å². The van der Waals surface area contributed by atoms with Crippen molar-refractivity contribution in [1.29, 1.82) is 0 Å². The van der Waals surface area contributed by atoms with Crippen molar-refractivity contribution in [3.05, 3.63) is 30.2 Å². The smallest absolute Gasteiger partial charge is 0.247 e. The van der Waals surface area contributed by atoms with Gasteiger partial charge in [0.15, 0.2) is 0 Å². The van der Waals surface area contributed by atoms with Crippen LogP contribution in [-0.2, 0) is 6.54 Å². The first kappa shape index (κ1) is 17.9. The number of aromatic nitrogens is 2. The van der Waals surface area contributed by atoms with Gasteiger partial charge < -0.3 is 14.3 Å². The van der Waals surface area contributed by atoms with Crippen LogP contribution >= 0.6 is 0 Å². The molecule has 1 aliphatic rings. The fourth-order valence-electron chi connectivity index (χ4n) is 3.05. The summed E-state index contributed by atoms with van der Waals surface area (Å²) in [6, 6.07) is 7.75. The third kappa shape index (κ3) is 4.80. The minimum Gasteiger partial charge on any atom is -0.494 e. The second-order valence-corrected chi connectivity index (χ2v) is 6.75. The molecule has 3 rings (SSSR count). The molecular formula is C19H27N3O3. The number of unbranched alkanes of at least 4 members (excludes halogenated alkanes) is 1. The van der Waals surface area contributed by atoms with Crippen LogP contribution in [0.1, 0.15) is 39.0 Å². The first-order valence-corrected chi connectivity index (χ1v) is 9.11. The average Bonchev–Trinajstić information content (AvgIpc) is 3.26. The Hall–Kier alpha value is -1.92. The Kier molecular flexibility index (Phi) is 6.04. The second-order valence-electron chi connectivity index (χ2n) is 6.75. The first-order valence-electron chi connectivity index (χ1n) is 9.11. The van der Waals surface area contributed by atoms with Crippen LogP contribution in [0.5, 0.6) is 5.75 Å². The van der Waals surface area contributed by atoms with Crippen LogP contribution in [0.25, 0.3) is 11.5 Å². The number of aliphatic hydroxyl groups excluding tert-OH is 1. The van der Waals surface area contributed by atoms with Gasteiger partial charge in [-0.1, -0.05) is 13.3 Å². The van der Waals surface area contributed by atoms with Gasteiger partial charge in [-0.3, -0.25) is 4.90 Å². The maximum atomic E-state index is 9.69. The highest BCUT2D eigenvalue weighted by Gasteiger charge is 2.27. The molecule has 2 heterocycles. The van der Waals surface area contributed by atoms with Gasteiger partial charge in [-0.05, 0) is 56.5 Å². The lowest BCUT2D eigenvalue weighted by atomic mass is 10.0. The van der Waals surface area contributed by atoms with Crippen molar-refractivity contribution >= 4 is 0 Å². The number of likely N-dealkylation sites (tertiary alicyclic amines) is 1. The molecule has 0 saturated carbocycles. The number of hydrogen-bond acceptors (Lipinski definition) is 6. The Labute approximate surface area is 148 Å². The van der Waals surface area contributed by atoms with Gasteiger partial charge in [-0.15, -0.1) is 10.2 Å². The molecule has 136 valence electrons. The third-order valence-corrected chi connectivity index (χ3v) is 4.68. The molecule has 0 radical (unpaired) electrons. The van der Waals surface area contributed by atoms with Crippen molar-refractivity contribution in [2.45, 2.75) is 45.8 Å². The van der Waals surface area contributed by atoms with Gasteiger partial charge in [0.1, 0.15) is 5.75 Å². The Bertz CT molecular complexity index is 654. The SMILES string of the molecule is CCCCOc1ccc(-c2nnc(CN3CCC(C(C)O)C3)o2)cc1. The van der Waals surface area contributed by atoms with Gasteiger partial charge in [0.2, 0.25) is 11.8 Å². The standard InChI is InChI=1S/C19H27N3O3/c1-3-4-11-24-17-7-5-15(6-8-17)19-21-20-18(25-19)13-22-10-9-16(12-22)14(2)23/h5-8,14,16,23H,3-4,9-13H2,1-2H3. The maximum Gasteiger partial charge on any atom is 0.247 e. The quantitative estimate of drug-likeness (QED) is 0.741. The van der Waals surface area contributed by atoms with E-state index < -0.39 is 0 Å². The highest BCUT2D eigenvalue weighted by atomic mass is 16.5. The third-order valence-electron chi connectivity index (χ3n) is 4.68. The topological polar surface area (TPSA) is 71.6 Å². The molecule has 1 N–H and O–H groups in total. The number of nitrogens with zero attached hydrogens (tertiary/aromatic N) is 3. The van der Waals surface area contributed by atoms with Crippen molar-refractivity contribution in [1.82, 2.24) is 15.1 Å². The van der Waals surface area contributed by atoms with E-state index in [-0.39, 0.29) is 6.10 Å². The lowest BCUT2D eigenvalue weighted by molar-refractivity contribution is 0.126. The minimum atomic E-state index is -0.263. The Balaban J connectivity index is 1.56. The molecule has 6 nitrogen and oxygen atoms in total. The Morgan fingerprint density at radius 2 is 2.12 bits per heavy atom. The highest BCUT2D eigenvalue weighted by Crippen LogP contribution is 2.24. The van der Waals surface area contributed by atoms with Gasteiger partial charge in [-0.2, -0.15) is 0 Å². The van der Waals surface area contributed by atoms with E-state index >= 15 is 0 Å². The van der Waals surface area contributed by atoms with Gasteiger partial charge in [-0.25, -0.2) is 0 Å². The number of rotatable bonds is 8. The number of benzene rings is 1. The molecule has 1 aromatic heterocycles. The molecule has 1 fully saturated rings. The lowest BCUT2D eigenvalue weighted by Crippen LogP contribution is -2.24. The van der Waals surface area contributed by atoms with Crippen molar-refractivity contribution < 1.29 is 14.3 Å². The molecule has 2 unspecified atom stereocenters. The maximum absolute atomic E-state index is 9.69. The number of ether oxygens (including phenoxy) is 1. The predicted molar refractivity (Wildman–Crippen MR) is 95.2 cm³/mol. The van der Waals surface area contributed by atoms with Crippen LogP contribution in [-0.4, -0.2) is 46.0 Å². The largest absolute Gasteiger partial charge is 0.494 e. The summed E-state index contributed by atoms with van der Waals surface area (Å²) in [4.78, 5) is 2.25. The van der Waals surface area contributed by atoms with E-state index in [1.165, 1.54) is 0 Å². The summed E-state index contributed by atoms with van der Waals surface area (Å²) in [7, 11) is 0. The van der Waals surface area contributed by atoms with E-state index in [2.05, 4.69) is 22.0 Å². The second kappa shape index (κ2) is 8.45. The molecule has 1 saturated heterocycles. The van der Waals surface area contributed by atoms with Gasteiger partial charge in [0, 0.05) is 12.1 Å². The zero-order valence-electron chi connectivity index (χ0n) is 15.0. The summed E-state index contributed by atoms with van der Waals surface area (Å²) in [6.07, 6.45) is 2.93. The lowest BCUT2D eigenvalue weighted by Gasteiger charge is -2.15. The van der Waals surface area contributed by atoms with Crippen LogP contribution < -0.4 is 4.74 Å². The molecular weight excluding hydrogens is 318 g/mol. The van der Waals surface area contributed by atoms with Crippen molar-refractivity contribution in [3.63, 3.8) is 0 Å². The summed E-state index contributed by atoms with van der Waals surface area (Å²) in [6.45, 7) is 7.20. The van der Waals surface area contributed by atoms with Gasteiger partial charge >= 0.3 is 0 Å². The molecule has 1 aromatic carbocycles. The first-order chi connectivity index (χ1) is 12.2. The zero-order chi connectivity index (χ0) is 17.6. The fraction of sp³-hybridized carbons (Fsp3) is 0.579. The molecule has 1 aliphatic heterocycles. The predicted octanol–water partition coefficient (Wildman–Crippen LogP) is 3.12. The Morgan fingerprint density at radius 3 is 2.80 bits per heavy atom. The molecule has 0 aliphatic carbocycles. The number of hydrogen-bond donors (Lipinski definition) is 1. The van der Waals surface area contributed by atoms with E-state index in [0.29, 0.717) is 24.2 Å². The number of aliphatic hydroxyl groups is 1. The summed E-state index contributed by atoms with van der Waals surface area (Å²) >= 11 is 0. The normalized spacial score (nSPS) is 19.2. The van der Waals surface area contributed by atoms with Gasteiger partial charge in [0.05, 0.1) is 19.3 Å². The highest BCUT2D eigenvalue weighted by molar-refractivity contribution is 5.53. The molecule has 0 spiro atoms.